The van der Waals surface area contributed by atoms with Gasteiger partial charge in [-0.2, -0.15) is 0 Å². The topological polar surface area (TPSA) is 79.9 Å². The highest BCUT2D eigenvalue weighted by molar-refractivity contribution is 6.30. The molecule has 2 aromatic carbocycles. The Bertz CT molecular complexity index is 1300. The van der Waals surface area contributed by atoms with Crippen LogP contribution in [0.15, 0.2) is 60.8 Å². The first-order valence-electron chi connectivity index (χ1n) is 10.1. The third-order valence-electron chi connectivity index (χ3n) is 5.24. The van der Waals surface area contributed by atoms with Crippen molar-refractivity contribution in [1.82, 2.24) is 20.3 Å². The van der Waals surface area contributed by atoms with E-state index >= 15 is 0 Å². The van der Waals surface area contributed by atoms with Gasteiger partial charge in [-0.15, -0.1) is 0 Å². The van der Waals surface area contributed by atoms with E-state index in [1.807, 2.05) is 12.1 Å². The van der Waals surface area contributed by atoms with Crippen LogP contribution in [-0.4, -0.2) is 27.4 Å². The van der Waals surface area contributed by atoms with Crippen LogP contribution in [-0.2, 0) is 13.0 Å². The molecule has 3 heterocycles. The van der Waals surface area contributed by atoms with Gasteiger partial charge in [0, 0.05) is 29.9 Å². The summed E-state index contributed by atoms with van der Waals surface area (Å²) in [6, 6.07) is 15.3. The van der Waals surface area contributed by atoms with Crippen LogP contribution in [0, 0.1) is 5.82 Å². The number of carbonyl (C=O) groups is 1. The molecule has 160 valence electrons. The molecular weight excluding hydrogens is 431 g/mol. The van der Waals surface area contributed by atoms with Crippen LogP contribution in [0.1, 0.15) is 21.6 Å². The molecule has 0 aliphatic carbocycles. The van der Waals surface area contributed by atoms with Crippen molar-refractivity contribution < 1.29 is 13.9 Å². The van der Waals surface area contributed by atoms with Crippen LogP contribution in [0.25, 0.3) is 22.8 Å². The molecule has 2 aromatic heterocycles. The van der Waals surface area contributed by atoms with Crippen molar-refractivity contribution in [2.75, 3.05) is 6.54 Å². The zero-order chi connectivity index (χ0) is 22.1. The molecule has 0 fully saturated rings. The lowest BCUT2D eigenvalue weighted by Gasteiger charge is -2.12. The van der Waals surface area contributed by atoms with E-state index in [0.29, 0.717) is 34.3 Å². The number of ether oxygens (including phenoxy) is 1. The summed E-state index contributed by atoms with van der Waals surface area (Å²) < 4.78 is 20.7. The Balaban J connectivity index is 1.48. The lowest BCUT2D eigenvalue weighted by atomic mass is 10.1. The van der Waals surface area contributed by atoms with Gasteiger partial charge >= 0.3 is 0 Å². The van der Waals surface area contributed by atoms with E-state index in [0.717, 1.165) is 17.7 Å². The molecule has 0 bridgehead atoms. The fraction of sp³-hybridized carbons (Fsp3) is 0.125. The highest BCUT2D eigenvalue weighted by Gasteiger charge is 2.21. The molecule has 0 atom stereocenters. The largest absolute Gasteiger partial charge is 0.488 e. The molecule has 2 N–H and O–H groups in total. The van der Waals surface area contributed by atoms with Crippen LogP contribution in [0.3, 0.4) is 0 Å². The third kappa shape index (κ3) is 3.94. The lowest BCUT2D eigenvalue weighted by Crippen LogP contribution is -2.31. The van der Waals surface area contributed by atoms with E-state index in [9.17, 15) is 9.18 Å². The van der Waals surface area contributed by atoms with E-state index in [4.69, 9.17) is 16.3 Å². The van der Waals surface area contributed by atoms with Gasteiger partial charge in [-0.3, -0.25) is 4.79 Å². The van der Waals surface area contributed by atoms with Gasteiger partial charge in [-0.05, 0) is 42.0 Å². The molecular formula is C24H18ClFN4O2. The molecule has 1 aliphatic heterocycles. The molecule has 0 spiro atoms. The second kappa shape index (κ2) is 8.43. The summed E-state index contributed by atoms with van der Waals surface area (Å²) in [4.78, 5) is 24.2. The number of fused-ring (bicyclic) bond motifs is 1. The van der Waals surface area contributed by atoms with Crippen molar-refractivity contribution in [2.45, 2.75) is 13.0 Å². The zero-order valence-electron chi connectivity index (χ0n) is 16.9. The van der Waals surface area contributed by atoms with Gasteiger partial charge in [-0.1, -0.05) is 29.8 Å². The van der Waals surface area contributed by atoms with E-state index in [1.165, 1.54) is 6.07 Å². The molecule has 5 rings (SSSR count). The Morgan fingerprint density at radius 2 is 1.97 bits per heavy atom. The molecule has 32 heavy (non-hydrogen) atoms. The number of nitrogens with zero attached hydrogens (tertiary/aromatic N) is 2. The number of rotatable bonds is 5. The van der Waals surface area contributed by atoms with Crippen LogP contribution in [0.5, 0.6) is 5.75 Å². The maximum Gasteiger partial charge on any atom is 0.253 e. The Labute approximate surface area is 188 Å². The van der Waals surface area contributed by atoms with E-state index in [-0.39, 0.29) is 23.9 Å². The molecule has 1 amide bonds. The van der Waals surface area contributed by atoms with Crippen LogP contribution >= 0.6 is 11.6 Å². The first-order valence-corrected chi connectivity index (χ1v) is 10.5. The average Bonchev–Trinajstić information content (AvgIpc) is 3.25. The van der Waals surface area contributed by atoms with Gasteiger partial charge in [0.2, 0.25) is 0 Å². The summed E-state index contributed by atoms with van der Waals surface area (Å²) >= 11 is 5.93. The summed E-state index contributed by atoms with van der Waals surface area (Å²) in [6.07, 6.45) is 2.28. The van der Waals surface area contributed by atoms with Crippen molar-refractivity contribution in [3.05, 3.63) is 88.5 Å². The summed E-state index contributed by atoms with van der Waals surface area (Å²) in [7, 11) is 0. The van der Waals surface area contributed by atoms with Crippen molar-refractivity contribution in [3.63, 3.8) is 0 Å². The SMILES string of the molecule is O=C1NCCc2[nH]c(-c3ccnc(-c4c(F)cccc4OCc4ccc(Cl)cc4)n3)cc21. The standard InChI is InChI=1S/C24H18ClFN4O2/c25-15-6-4-14(5-7-15)13-32-21-3-1-2-17(26)22(21)23-27-10-9-19(30-23)20-12-16-18(29-20)8-11-28-24(16)31/h1-7,9-10,12,29H,8,11,13H2,(H,28,31). The summed E-state index contributed by atoms with van der Waals surface area (Å²) in [5.41, 5.74) is 3.78. The number of nitrogens with one attached hydrogen (secondary N) is 2. The molecule has 4 aromatic rings. The van der Waals surface area contributed by atoms with Crippen molar-refractivity contribution in [1.29, 1.82) is 0 Å². The predicted molar refractivity (Wildman–Crippen MR) is 119 cm³/mol. The first kappa shape index (κ1) is 20.2. The van der Waals surface area contributed by atoms with Gasteiger partial charge in [0.05, 0.1) is 22.5 Å². The molecule has 0 saturated carbocycles. The van der Waals surface area contributed by atoms with Gasteiger partial charge in [-0.25, -0.2) is 14.4 Å². The monoisotopic (exact) mass is 448 g/mol. The second-order valence-electron chi connectivity index (χ2n) is 7.37. The highest BCUT2D eigenvalue weighted by atomic mass is 35.5. The van der Waals surface area contributed by atoms with Crippen LogP contribution in [0.2, 0.25) is 5.02 Å². The number of aromatic nitrogens is 3. The number of hydrogen-bond donors (Lipinski definition) is 2. The molecule has 1 aliphatic rings. The van der Waals surface area contributed by atoms with Gasteiger partial charge in [0.15, 0.2) is 5.82 Å². The fourth-order valence-corrected chi connectivity index (χ4v) is 3.77. The molecule has 0 saturated heterocycles. The van der Waals surface area contributed by atoms with Gasteiger partial charge in [0.25, 0.3) is 5.91 Å². The smallest absolute Gasteiger partial charge is 0.253 e. The molecule has 8 heteroatoms. The number of amides is 1. The average molecular weight is 449 g/mol. The minimum absolute atomic E-state index is 0.116. The Morgan fingerprint density at radius 1 is 1.12 bits per heavy atom. The zero-order valence-corrected chi connectivity index (χ0v) is 17.6. The minimum Gasteiger partial charge on any atom is -0.488 e. The molecule has 6 nitrogen and oxygen atoms in total. The van der Waals surface area contributed by atoms with Crippen molar-refractivity contribution in [2.24, 2.45) is 0 Å². The van der Waals surface area contributed by atoms with Crippen molar-refractivity contribution in [3.8, 4) is 28.5 Å². The quantitative estimate of drug-likeness (QED) is 0.459. The number of benzene rings is 2. The normalized spacial score (nSPS) is 12.9. The van der Waals surface area contributed by atoms with E-state index in [2.05, 4.69) is 20.3 Å². The number of hydrogen-bond acceptors (Lipinski definition) is 4. The number of aromatic amines is 1. The van der Waals surface area contributed by atoms with Crippen molar-refractivity contribution >= 4 is 17.5 Å². The Kier molecular flexibility index (Phi) is 5.33. The molecule has 0 unspecified atom stereocenters. The Morgan fingerprint density at radius 3 is 2.78 bits per heavy atom. The fourth-order valence-electron chi connectivity index (χ4n) is 3.64. The van der Waals surface area contributed by atoms with Gasteiger partial charge in [0.1, 0.15) is 18.2 Å². The summed E-state index contributed by atoms with van der Waals surface area (Å²) in [5, 5.41) is 3.45. The Hall–Kier alpha value is -3.71. The number of halogens is 2. The van der Waals surface area contributed by atoms with Crippen LogP contribution < -0.4 is 10.1 Å². The predicted octanol–water partition coefficient (Wildman–Crippen LogP) is 4.80. The van der Waals surface area contributed by atoms with Gasteiger partial charge < -0.3 is 15.0 Å². The van der Waals surface area contributed by atoms with E-state index < -0.39 is 5.82 Å². The third-order valence-corrected chi connectivity index (χ3v) is 5.49. The summed E-state index contributed by atoms with van der Waals surface area (Å²) in [6.45, 7) is 0.829. The first-order chi connectivity index (χ1) is 15.6. The minimum atomic E-state index is -0.485. The maximum absolute atomic E-state index is 14.8. The number of H-pyrrole nitrogens is 1. The maximum atomic E-state index is 14.8. The molecule has 0 radical (unpaired) electrons. The van der Waals surface area contributed by atoms with Crippen LogP contribution in [0.4, 0.5) is 4.39 Å². The van der Waals surface area contributed by atoms with E-state index in [1.54, 1.807) is 42.6 Å². The lowest BCUT2D eigenvalue weighted by molar-refractivity contribution is 0.0946. The second-order valence-corrected chi connectivity index (χ2v) is 7.81. The summed E-state index contributed by atoms with van der Waals surface area (Å²) in [5.74, 6) is -0.0677. The highest BCUT2D eigenvalue weighted by Crippen LogP contribution is 2.32. The number of carbonyl (C=O) groups excluding carboxylic acids is 1.